The molecular weight excluding hydrogens is 414 g/mol. The van der Waals surface area contributed by atoms with E-state index in [4.69, 9.17) is 10.5 Å². The van der Waals surface area contributed by atoms with Crippen molar-refractivity contribution in [2.75, 3.05) is 6.54 Å². The van der Waals surface area contributed by atoms with Crippen molar-refractivity contribution in [2.24, 2.45) is 11.1 Å². The molecule has 0 aliphatic heterocycles. The smallest absolute Gasteiger partial charge is 0.335 e. The number of fused-ring (bicyclic) bond motifs is 2. The summed E-state index contributed by atoms with van der Waals surface area (Å²) in [6.45, 7) is -0.179. The van der Waals surface area contributed by atoms with Gasteiger partial charge >= 0.3 is 11.9 Å². The van der Waals surface area contributed by atoms with Crippen molar-refractivity contribution in [1.82, 2.24) is 0 Å². The third-order valence-corrected chi connectivity index (χ3v) is 6.89. The van der Waals surface area contributed by atoms with E-state index in [1.54, 1.807) is 12.1 Å². The lowest BCUT2D eigenvalue weighted by atomic mass is 9.70. The Labute approximate surface area is 192 Å². The third kappa shape index (κ3) is 3.74. The standard InChI is InChI=1S/C28H25NO4/c29-17-25(30)33-26-24-8-4-3-7-22(24)16-28(26,15-18-9-11-19(12-10-18)27(31)32)23-13-20-5-1-2-6-21(20)14-23/h1-13,26H,14-17,29H2,(H,31,32)/t26-,28+/m0/s1. The van der Waals surface area contributed by atoms with Crippen LogP contribution in [0, 0.1) is 5.41 Å². The molecular formula is C28H25NO4. The maximum Gasteiger partial charge on any atom is 0.335 e. The van der Waals surface area contributed by atoms with Gasteiger partial charge in [-0.3, -0.25) is 4.79 Å². The maximum absolute atomic E-state index is 12.4. The summed E-state index contributed by atoms with van der Waals surface area (Å²) in [6, 6.07) is 23.4. The zero-order valence-corrected chi connectivity index (χ0v) is 18.2. The average Bonchev–Trinajstić information content (AvgIpc) is 3.40. The second-order valence-electron chi connectivity index (χ2n) is 8.83. The van der Waals surface area contributed by atoms with Crippen molar-refractivity contribution >= 4 is 18.0 Å². The zero-order chi connectivity index (χ0) is 23.0. The molecule has 33 heavy (non-hydrogen) atoms. The molecule has 5 heteroatoms. The first-order chi connectivity index (χ1) is 16.0. The van der Waals surface area contributed by atoms with E-state index in [0.29, 0.717) is 6.42 Å². The molecule has 0 fully saturated rings. The van der Waals surface area contributed by atoms with E-state index >= 15 is 0 Å². The number of aromatic carboxylic acids is 1. The van der Waals surface area contributed by atoms with Crippen LogP contribution in [0.5, 0.6) is 0 Å². The zero-order valence-electron chi connectivity index (χ0n) is 18.2. The number of nitrogens with two attached hydrogens (primary N) is 1. The van der Waals surface area contributed by atoms with Crippen LogP contribution in [0.4, 0.5) is 0 Å². The van der Waals surface area contributed by atoms with Gasteiger partial charge in [-0.15, -0.1) is 0 Å². The fraction of sp³-hybridized carbons (Fsp3) is 0.214. The monoisotopic (exact) mass is 439 g/mol. The predicted molar refractivity (Wildman–Crippen MR) is 126 cm³/mol. The predicted octanol–water partition coefficient (Wildman–Crippen LogP) is 4.35. The summed E-state index contributed by atoms with van der Waals surface area (Å²) >= 11 is 0. The summed E-state index contributed by atoms with van der Waals surface area (Å²) in [5, 5.41) is 9.29. The number of carbonyl (C=O) groups is 2. The fourth-order valence-corrected chi connectivity index (χ4v) is 5.32. The quantitative estimate of drug-likeness (QED) is 0.557. The minimum absolute atomic E-state index is 0.179. The third-order valence-electron chi connectivity index (χ3n) is 6.89. The Kier molecular flexibility index (Phi) is 5.35. The van der Waals surface area contributed by atoms with Crippen molar-refractivity contribution < 1.29 is 19.4 Å². The van der Waals surface area contributed by atoms with Crippen LogP contribution in [0.2, 0.25) is 0 Å². The van der Waals surface area contributed by atoms with Gasteiger partial charge in [0.15, 0.2) is 0 Å². The Morgan fingerprint density at radius 2 is 1.67 bits per heavy atom. The number of benzene rings is 3. The molecule has 0 aromatic heterocycles. The molecule has 2 aliphatic carbocycles. The normalized spacial score (nSPS) is 20.6. The van der Waals surface area contributed by atoms with E-state index in [0.717, 1.165) is 29.5 Å². The highest BCUT2D eigenvalue weighted by atomic mass is 16.5. The van der Waals surface area contributed by atoms with Crippen LogP contribution < -0.4 is 5.73 Å². The van der Waals surface area contributed by atoms with Crippen LogP contribution in [0.1, 0.15) is 44.3 Å². The Bertz CT molecular complexity index is 1260. The largest absolute Gasteiger partial charge is 0.478 e. The second-order valence-corrected chi connectivity index (χ2v) is 8.83. The van der Waals surface area contributed by atoms with Crippen LogP contribution in [0.25, 0.3) is 6.08 Å². The molecule has 0 bridgehead atoms. The lowest BCUT2D eigenvalue weighted by molar-refractivity contribution is -0.153. The molecule has 0 amide bonds. The van der Waals surface area contributed by atoms with Crippen LogP contribution in [-0.2, 0) is 28.8 Å². The van der Waals surface area contributed by atoms with Gasteiger partial charge in [0.25, 0.3) is 0 Å². The highest BCUT2D eigenvalue weighted by Gasteiger charge is 2.51. The Morgan fingerprint density at radius 1 is 0.970 bits per heavy atom. The minimum atomic E-state index is -0.951. The maximum atomic E-state index is 12.4. The number of hydrogen-bond donors (Lipinski definition) is 2. The number of carboxylic acid groups (broad SMARTS) is 1. The van der Waals surface area contributed by atoms with Gasteiger partial charge in [0, 0.05) is 5.41 Å². The van der Waals surface area contributed by atoms with Crippen LogP contribution in [0.3, 0.4) is 0 Å². The van der Waals surface area contributed by atoms with Crippen molar-refractivity contribution in [2.45, 2.75) is 25.4 Å². The van der Waals surface area contributed by atoms with Crippen molar-refractivity contribution in [3.63, 3.8) is 0 Å². The molecule has 2 aliphatic rings. The molecule has 2 atom stereocenters. The SMILES string of the molecule is NCC(=O)O[C@H]1c2ccccc2C[C@]1(Cc1ccc(C(=O)O)cc1)C1=Cc2ccccc2C1. The number of rotatable bonds is 6. The lowest BCUT2D eigenvalue weighted by Gasteiger charge is -2.37. The van der Waals surface area contributed by atoms with Gasteiger partial charge in [0.2, 0.25) is 0 Å². The summed E-state index contributed by atoms with van der Waals surface area (Å²) in [4.78, 5) is 23.8. The summed E-state index contributed by atoms with van der Waals surface area (Å²) in [5.74, 6) is -1.38. The first-order valence-corrected chi connectivity index (χ1v) is 11.1. The van der Waals surface area contributed by atoms with Crippen LogP contribution in [-0.4, -0.2) is 23.6 Å². The Hall–Kier alpha value is -3.70. The van der Waals surface area contributed by atoms with Gasteiger partial charge in [0.05, 0.1) is 12.1 Å². The summed E-state index contributed by atoms with van der Waals surface area (Å²) < 4.78 is 6.05. The Balaban J connectivity index is 1.62. The van der Waals surface area contributed by atoms with Crippen molar-refractivity contribution in [3.8, 4) is 0 Å². The van der Waals surface area contributed by atoms with Gasteiger partial charge in [-0.25, -0.2) is 4.79 Å². The van der Waals surface area contributed by atoms with E-state index in [1.807, 2.05) is 42.5 Å². The molecule has 0 saturated heterocycles. The van der Waals surface area contributed by atoms with E-state index in [1.165, 1.54) is 16.7 Å². The molecule has 3 aromatic carbocycles. The molecule has 3 aromatic rings. The topological polar surface area (TPSA) is 89.6 Å². The fourth-order valence-electron chi connectivity index (χ4n) is 5.32. The molecule has 0 heterocycles. The average molecular weight is 440 g/mol. The van der Waals surface area contributed by atoms with Gasteiger partial charge in [-0.2, -0.15) is 0 Å². The van der Waals surface area contributed by atoms with Gasteiger partial charge in [-0.1, -0.05) is 72.3 Å². The van der Waals surface area contributed by atoms with E-state index in [9.17, 15) is 14.7 Å². The van der Waals surface area contributed by atoms with Gasteiger partial charge in [0.1, 0.15) is 6.10 Å². The molecule has 0 spiro atoms. The van der Waals surface area contributed by atoms with Gasteiger partial charge in [-0.05, 0) is 59.2 Å². The minimum Gasteiger partial charge on any atom is -0.478 e. The number of esters is 1. The van der Waals surface area contributed by atoms with E-state index < -0.39 is 23.5 Å². The molecule has 5 rings (SSSR count). The molecule has 0 unspecified atom stereocenters. The highest BCUT2D eigenvalue weighted by molar-refractivity contribution is 5.87. The summed E-state index contributed by atoms with van der Waals surface area (Å²) in [7, 11) is 0. The first-order valence-electron chi connectivity index (χ1n) is 11.1. The number of carboxylic acids is 1. The molecule has 3 N–H and O–H groups in total. The first kappa shape index (κ1) is 21.2. The lowest BCUT2D eigenvalue weighted by Crippen LogP contribution is -2.35. The van der Waals surface area contributed by atoms with Crippen LogP contribution >= 0.6 is 0 Å². The second kappa shape index (κ2) is 8.34. The van der Waals surface area contributed by atoms with Gasteiger partial charge < -0.3 is 15.6 Å². The number of ether oxygens (including phenoxy) is 1. The number of carbonyl (C=O) groups excluding carboxylic acids is 1. The summed E-state index contributed by atoms with van der Waals surface area (Å²) in [5.41, 5.74) is 12.2. The molecule has 166 valence electrons. The highest BCUT2D eigenvalue weighted by Crippen LogP contribution is 2.56. The van der Waals surface area contributed by atoms with Crippen molar-refractivity contribution in [1.29, 1.82) is 0 Å². The number of hydrogen-bond acceptors (Lipinski definition) is 4. The van der Waals surface area contributed by atoms with E-state index in [2.05, 4.69) is 24.3 Å². The van der Waals surface area contributed by atoms with Crippen molar-refractivity contribution in [3.05, 3.63) is 112 Å². The molecule has 5 nitrogen and oxygen atoms in total. The molecule has 0 saturated carbocycles. The van der Waals surface area contributed by atoms with E-state index in [-0.39, 0.29) is 12.1 Å². The Morgan fingerprint density at radius 3 is 2.36 bits per heavy atom. The molecule has 0 radical (unpaired) electrons. The van der Waals surface area contributed by atoms with Crippen LogP contribution in [0.15, 0.2) is 78.4 Å². The summed E-state index contributed by atoms with van der Waals surface area (Å²) in [6.07, 6.45) is 3.89.